The molecular weight excluding hydrogens is 288 g/mol. The lowest BCUT2D eigenvalue weighted by molar-refractivity contribution is 0.197. The molecule has 1 aromatic heterocycles. The van der Waals surface area contributed by atoms with E-state index in [0.717, 1.165) is 4.47 Å². The SMILES string of the molecule is Clc1ncc(C23CCCN2CCC3)cc1Br. The molecule has 0 atom stereocenters. The van der Waals surface area contributed by atoms with E-state index in [1.165, 1.54) is 44.3 Å². The summed E-state index contributed by atoms with van der Waals surface area (Å²) < 4.78 is 0.916. The molecule has 0 spiro atoms. The Morgan fingerprint density at radius 1 is 1.31 bits per heavy atom. The molecule has 2 saturated heterocycles. The van der Waals surface area contributed by atoms with Crippen LogP contribution < -0.4 is 0 Å². The molecule has 2 aliphatic rings. The molecule has 0 aromatic carbocycles. The van der Waals surface area contributed by atoms with Crippen LogP contribution in [0.3, 0.4) is 0 Å². The third-order valence-electron chi connectivity index (χ3n) is 3.98. The van der Waals surface area contributed by atoms with Gasteiger partial charge in [0.25, 0.3) is 0 Å². The molecule has 0 bridgehead atoms. The van der Waals surface area contributed by atoms with E-state index in [4.69, 9.17) is 11.6 Å². The first-order chi connectivity index (χ1) is 7.72. The minimum atomic E-state index is 0.264. The summed E-state index contributed by atoms with van der Waals surface area (Å²) in [5.74, 6) is 0. The summed E-state index contributed by atoms with van der Waals surface area (Å²) >= 11 is 9.43. The third-order valence-corrected chi connectivity index (χ3v) is 5.11. The highest BCUT2D eigenvalue weighted by Gasteiger charge is 2.45. The second kappa shape index (κ2) is 3.97. The highest BCUT2D eigenvalue weighted by Crippen LogP contribution is 2.47. The van der Waals surface area contributed by atoms with Gasteiger partial charge in [-0.15, -0.1) is 0 Å². The predicted molar refractivity (Wildman–Crippen MR) is 68.7 cm³/mol. The molecule has 0 N–H and O–H groups in total. The van der Waals surface area contributed by atoms with Crippen molar-refractivity contribution < 1.29 is 0 Å². The number of hydrogen-bond acceptors (Lipinski definition) is 2. The molecule has 0 aliphatic carbocycles. The number of nitrogens with zero attached hydrogens (tertiary/aromatic N) is 2. The quantitative estimate of drug-likeness (QED) is 0.737. The second-order valence-corrected chi connectivity index (χ2v) is 5.93. The van der Waals surface area contributed by atoms with E-state index in [9.17, 15) is 0 Å². The van der Waals surface area contributed by atoms with Crippen molar-refractivity contribution in [1.82, 2.24) is 9.88 Å². The number of fused-ring (bicyclic) bond motifs is 1. The molecule has 3 rings (SSSR count). The van der Waals surface area contributed by atoms with Gasteiger partial charge in [0.15, 0.2) is 0 Å². The van der Waals surface area contributed by atoms with Crippen molar-refractivity contribution in [2.24, 2.45) is 0 Å². The van der Waals surface area contributed by atoms with Gasteiger partial charge in [-0.3, -0.25) is 4.90 Å². The first-order valence-corrected chi connectivity index (χ1v) is 6.96. The molecule has 0 saturated carbocycles. The maximum atomic E-state index is 5.96. The lowest BCUT2D eigenvalue weighted by atomic mass is 9.87. The lowest BCUT2D eigenvalue weighted by Gasteiger charge is -2.32. The molecule has 86 valence electrons. The van der Waals surface area contributed by atoms with Gasteiger partial charge in [0.05, 0.1) is 4.47 Å². The van der Waals surface area contributed by atoms with Gasteiger partial charge in [-0.2, -0.15) is 0 Å². The summed E-state index contributed by atoms with van der Waals surface area (Å²) in [6.07, 6.45) is 7.10. The Bertz CT molecular complexity index is 411. The summed E-state index contributed by atoms with van der Waals surface area (Å²) in [5, 5.41) is 0.558. The van der Waals surface area contributed by atoms with Gasteiger partial charge in [-0.1, -0.05) is 11.6 Å². The van der Waals surface area contributed by atoms with Crippen LogP contribution >= 0.6 is 27.5 Å². The van der Waals surface area contributed by atoms with Crippen LogP contribution in [0, 0.1) is 0 Å². The molecule has 4 heteroatoms. The standard InChI is InChI=1S/C12H14BrClN2/c13-10-7-9(8-15-11(10)14)12-3-1-5-16(12)6-2-4-12/h7-8H,1-6H2. The van der Waals surface area contributed by atoms with Crippen LogP contribution in [0.2, 0.25) is 5.15 Å². The third kappa shape index (κ3) is 1.52. The van der Waals surface area contributed by atoms with Crippen molar-refractivity contribution in [3.05, 3.63) is 27.5 Å². The van der Waals surface area contributed by atoms with Crippen molar-refractivity contribution >= 4 is 27.5 Å². The summed E-state index contributed by atoms with van der Waals surface area (Å²) in [6, 6.07) is 2.15. The molecule has 0 unspecified atom stereocenters. The van der Waals surface area contributed by atoms with E-state index in [1.54, 1.807) is 0 Å². The van der Waals surface area contributed by atoms with Crippen molar-refractivity contribution in [3.63, 3.8) is 0 Å². The fourth-order valence-electron chi connectivity index (χ4n) is 3.25. The highest BCUT2D eigenvalue weighted by molar-refractivity contribution is 9.10. The van der Waals surface area contributed by atoms with E-state index in [2.05, 4.69) is 31.9 Å². The fourth-order valence-corrected chi connectivity index (χ4v) is 3.71. The van der Waals surface area contributed by atoms with Gasteiger partial charge in [0.1, 0.15) is 5.15 Å². The van der Waals surface area contributed by atoms with Gasteiger partial charge >= 0.3 is 0 Å². The number of halogens is 2. The lowest BCUT2D eigenvalue weighted by Crippen LogP contribution is -2.35. The smallest absolute Gasteiger partial charge is 0.143 e. The maximum absolute atomic E-state index is 5.96. The molecule has 2 aliphatic heterocycles. The highest BCUT2D eigenvalue weighted by atomic mass is 79.9. The van der Waals surface area contributed by atoms with Gasteiger partial charge in [-0.05, 0) is 66.3 Å². The monoisotopic (exact) mass is 300 g/mol. The Hall–Kier alpha value is -0.120. The fraction of sp³-hybridized carbons (Fsp3) is 0.583. The van der Waals surface area contributed by atoms with Crippen LogP contribution in [-0.4, -0.2) is 23.0 Å². The average Bonchev–Trinajstić information content (AvgIpc) is 2.81. The average molecular weight is 302 g/mol. The molecular formula is C12H14BrClN2. The van der Waals surface area contributed by atoms with E-state index >= 15 is 0 Å². The molecule has 2 fully saturated rings. The van der Waals surface area contributed by atoms with Crippen molar-refractivity contribution in [3.8, 4) is 0 Å². The Kier molecular flexibility index (Phi) is 2.73. The molecule has 0 amide bonds. The Morgan fingerprint density at radius 2 is 2.00 bits per heavy atom. The number of aromatic nitrogens is 1. The van der Waals surface area contributed by atoms with Crippen molar-refractivity contribution in [2.75, 3.05) is 13.1 Å². The Balaban J connectivity index is 2.04. The zero-order valence-corrected chi connectivity index (χ0v) is 11.4. The van der Waals surface area contributed by atoms with Gasteiger partial charge in [-0.25, -0.2) is 4.98 Å². The molecule has 16 heavy (non-hydrogen) atoms. The molecule has 0 radical (unpaired) electrons. The van der Waals surface area contributed by atoms with Crippen molar-refractivity contribution in [1.29, 1.82) is 0 Å². The summed E-state index contributed by atoms with van der Waals surface area (Å²) in [5.41, 5.74) is 1.60. The van der Waals surface area contributed by atoms with Crippen LogP contribution in [0.25, 0.3) is 0 Å². The normalized spacial score (nSPS) is 23.6. The largest absolute Gasteiger partial charge is 0.294 e. The molecule has 3 heterocycles. The van der Waals surface area contributed by atoms with E-state index in [1.807, 2.05) is 6.20 Å². The van der Waals surface area contributed by atoms with Crippen molar-refractivity contribution in [2.45, 2.75) is 31.2 Å². The van der Waals surface area contributed by atoms with Crippen LogP contribution in [0.5, 0.6) is 0 Å². The van der Waals surface area contributed by atoms with Crippen LogP contribution in [0.4, 0.5) is 0 Å². The Morgan fingerprint density at radius 3 is 2.62 bits per heavy atom. The minimum absolute atomic E-state index is 0.264. The van der Waals surface area contributed by atoms with Crippen LogP contribution in [-0.2, 0) is 5.54 Å². The second-order valence-electron chi connectivity index (χ2n) is 4.72. The number of hydrogen-bond donors (Lipinski definition) is 0. The topological polar surface area (TPSA) is 16.1 Å². The van der Waals surface area contributed by atoms with E-state index < -0.39 is 0 Å². The first kappa shape index (κ1) is 11.0. The minimum Gasteiger partial charge on any atom is -0.294 e. The van der Waals surface area contributed by atoms with Crippen LogP contribution in [0.15, 0.2) is 16.7 Å². The van der Waals surface area contributed by atoms with Crippen LogP contribution in [0.1, 0.15) is 31.2 Å². The summed E-state index contributed by atoms with van der Waals surface area (Å²) in [7, 11) is 0. The zero-order valence-electron chi connectivity index (χ0n) is 9.05. The number of rotatable bonds is 1. The van der Waals surface area contributed by atoms with Gasteiger partial charge in [0.2, 0.25) is 0 Å². The van der Waals surface area contributed by atoms with Gasteiger partial charge < -0.3 is 0 Å². The molecule has 2 nitrogen and oxygen atoms in total. The first-order valence-electron chi connectivity index (χ1n) is 5.79. The zero-order chi connectivity index (χ0) is 11.2. The molecule has 1 aromatic rings. The van der Waals surface area contributed by atoms with E-state index in [-0.39, 0.29) is 5.54 Å². The summed E-state index contributed by atoms with van der Waals surface area (Å²) in [6.45, 7) is 2.47. The van der Waals surface area contributed by atoms with Gasteiger partial charge in [0, 0.05) is 11.7 Å². The summed E-state index contributed by atoms with van der Waals surface area (Å²) in [4.78, 5) is 6.89. The predicted octanol–water partition coefficient (Wildman–Crippen LogP) is 3.58. The maximum Gasteiger partial charge on any atom is 0.143 e. The van der Waals surface area contributed by atoms with E-state index in [0.29, 0.717) is 5.15 Å². The Labute approximate surface area is 109 Å². The number of pyridine rings is 1.